The Bertz CT molecular complexity index is 61.3. The van der Waals surface area contributed by atoms with Crippen molar-refractivity contribution in [2.24, 2.45) is 10.8 Å². The van der Waals surface area contributed by atoms with Gasteiger partial charge in [0.2, 0.25) is 0 Å². The number of nitrogens with two attached hydrogens (primary N) is 1. The molecule has 40 valence electrons. The van der Waals surface area contributed by atoms with Crippen LogP contribution in [0.1, 0.15) is 0 Å². The minimum atomic E-state index is 0.340. The van der Waals surface area contributed by atoms with Crippen molar-refractivity contribution in [3.8, 4) is 0 Å². The highest BCUT2D eigenvalue weighted by molar-refractivity contribution is 5.22. The van der Waals surface area contributed by atoms with Crippen molar-refractivity contribution in [1.82, 2.24) is 5.01 Å². The van der Waals surface area contributed by atoms with Gasteiger partial charge in [-0.15, -0.1) is 0 Å². The molecule has 0 aliphatic heterocycles. The summed E-state index contributed by atoms with van der Waals surface area (Å²) in [5.41, 5.74) is 5.11. The van der Waals surface area contributed by atoms with Crippen LogP contribution < -0.4 is 5.73 Å². The molecule has 0 heterocycles. The molecule has 7 heavy (non-hydrogen) atoms. The third kappa shape index (κ3) is 1.94. The van der Waals surface area contributed by atoms with Gasteiger partial charge in [0, 0.05) is 12.9 Å². The van der Waals surface area contributed by atoms with E-state index in [0.717, 1.165) is 0 Å². The summed E-state index contributed by atoms with van der Waals surface area (Å²) in [4.78, 5) is 0. The number of hydrogen-bond donors (Lipinski definition) is 1. The van der Waals surface area contributed by atoms with Crippen LogP contribution in [-0.2, 0) is 0 Å². The first-order valence-corrected chi connectivity index (χ1v) is 1.91. The molecule has 2 N–H and O–H groups in total. The smallest absolute Gasteiger partial charge is 0.0878 e. The molecule has 3 nitrogen and oxygen atoms in total. The Labute approximate surface area is 43.1 Å². The Hall–Kier alpha value is -0.830. The fourth-order valence-electron chi connectivity index (χ4n) is 0.190. The first-order chi connectivity index (χ1) is 3.35. The van der Waals surface area contributed by atoms with Crippen molar-refractivity contribution in [2.75, 3.05) is 6.67 Å². The van der Waals surface area contributed by atoms with Gasteiger partial charge in [0.25, 0.3) is 0 Å². The normalized spacial score (nSPS) is 7.57. The van der Waals surface area contributed by atoms with Crippen LogP contribution >= 0.6 is 0 Å². The van der Waals surface area contributed by atoms with Gasteiger partial charge in [-0.1, -0.05) is 6.58 Å². The second-order valence-corrected chi connectivity index (χ2v) is 0.946. The van der Waals surface area contributed by atoms with E-state index in [4.69, 9.17) is 5.73 Å². The molecule has 0 saturated heterocycles. The largest absolute Gasteiger partial charge is 0.312 e. The Morgan fingerprint density at radius 3 is 2.43 bits per heavy atom. The molecule has 0 rings (SSSR count). The number of rotatable bonds is 3. The molecule has 0 radical (unpaired) electrons. The average Bonchev–Trinajstić information content (AvgIpc) is 1.72. The van der Waals surface area contributed by atoms with Crippen LogP contribution in [-0.4, -0.2) is 18.4 Å². The maximum Gasteiger partial charge on any atom is 0.0878 e. The average molecular weight is 99.1 g/mol. The molecule has 0 saturated carbocycles. The zero-order valence-corrected chi connectivity index (χ0v) is 4.17. The monoisotopic (exact) mass is 99.1 g/mol. The quantitative estimate of drug-likeness (QED) is 0.306. The van der Waals surface area contributed by atoms with Gasteiger partial charge in [0.05, 0.1) is 6.67 Å². The van der Waals surface area contributed by atoms with Crippen molar-refractivity contribution in [3.05, 3.63) is 12.8 Å². The van der Waals surface area contributed by atoms with E-state index in [1.165, 1.54) is 11.2 Å². The van der Waals surface area contributed by atoms with Gasteiger partial charge in [-0.3, -0.25) is 5.01 Å². The molecule has 0 aromatic rings. The van der Waals surface area contributed by atoms with Gasteiger partial charge in [-0.25, -0.2) is 0 Å². The zero-order valence-electron chi connectivity index (χ0n) is 4.17. The first-order valence-electron chi connectivity index (χ1n) is 1.91. The Kier molecular flexibility index (Phi) is 2.96. The van der Waals surface area contributed by atoms with Gasteiger partial charge in [0.15, 0.2) is 0 Å². The van der Waals surface area contributed by atoms with Crippen molar-refractivity contribution >= 4 is 6.72 Å². The van der Waals surface area contributed by atoms with Crippen LogP contribution in [0.25, 0.3) is 0 Å². The third-order valence-electron chi connectivity index (χ3n) is 0.579. The summed E-state index contributed by atoms with van der Waals surface area (Å²) < 4.78 is 0. The minimum Gasteiger partial charge on any atom is -0.312 e. The second kappa shape index (κ2) is 3.36. The summed E-state index contributed by atoms with van der Waals surface area (Å²) in [5.74, 6) is 0. The molecule has 0 atom stereocenters. The van der Waals surface area contributed by atoms with Crippen molar-refractivity contribution < 1.29 is 0 Å². The molecular formula is C4H9N3. The van der Waals surface area contributed by atoms with Gasteiger partial charge in [-0.05, 0) is 0 Å². The van der Waals surface area contributed by atoms with Crippen molar-refractivity contribution in [2.45, 2.75) is 0 Å². The fourth-order valence-corrected chi connectivity index (χ4v) is 0.190. The lowest BCUT2D eigenvalue weighted by molar-refractivity contribution is 0.417. The van der Waals surface area contributed by atoms with Gasteiger partial charge >= 0.3 is 0 Å². The Morgan fingerprint density at radius 1 is 1.86 bits per heavy atom. The molecule has 0 aliphatic rings. The molecule has 0 aromatic carbocycles. The van der Waals surface area contributed by atoms with Crippen LogP contribution in [0.5, 0.6) is 0 Å². The van der Waals surface area contributed by atoms with E-state index in [-0.39, 0.29) is 0 Å². The molecule has 0 aromatic heterocycles. The highest BCUT2D eigenvalue weighted by atomic mass is 15.4. The van der Waals surface area contributed by atoms with E-state index < -0.39 is 0 Å². The molecule has 0 amide bonds. The van der Waals surface area contributed by atoms with E-state index >= 15 is 0 Å². The third-order valence-corrected chi connectivity index (χ3v) is 0.579. The second-order valence-electron chi connectivity index (χ2n) is 0.946. The van der Waals surface area contributed by atoms with Crippen LogP contribution in [0.15, 0.2) is 17.9 Å². The van der Waals surface area contributed by atoms with E-state index in [2.05, 4.69) is 18.4 Å². The summed E-state index contributed by atoms with van der Waals surface area (Å²) >= 11 is 0. The fraction of sp³-hybridized carbons (Fsp3) is 0.250. The Balaban J connectivity index is 3.36. The molecule has 0 spiro atoms. The standard InChI is InChI=1S/C4H9N3/c1-3-7(4-5)6-2/h3H,1-2,4-5H2. The van der Waals surface area contributed by atoms with Crippen LogP contribution in [0.3, 0.4) is 0 Å². The van der Waals surface area contributed by atoms with E-state index in [9.17, 15) is 0 Å². The van der Waals surface area contributed by atoms with Crippen molar-refractivity contribution in [3.63, 3.8) is 0 Å². The molecule has 0 bridgehead atoms. The summed E-state index contributed by atoms with van der Waals surface area (Å²) in [6.07, 6.45) is 1.51. The SMILES string of the molecule is C=CN(CN)N=C. The van der Waals surface area contributed by atoms with E-state index in [0.29, 0.717) is 6.67 Å². The van der Waals surface area contributed by atoms with Crippen molar-refractivity contribution in [1.29, 1.82) is 0 Å². The summed E-state index contributed by atoms with van der Waals surface area (Å²) in [5, 5.41) is 4.90. The molecule has 0 aliphatic carbocycles. The van der Waals surface area contributed by atoms with E-state index in [1.54, 1.807) is 0 Å². The lowest BCUT2D eigenvalue weighted by atomic mass is 10.9. The summed E-state index contributed by atoms with van der Waals surface area (Å²) in [7, 11) is 0. The molecular weight excluding hydrogens is 90.1 g/mol. The van der Waals surface area contributed by atoms with Crippen LogP contribution in [0, 0.1) is 0 Å². The molecule has 0 fully saturated rings. The van der Waals surface area contributed by atoms with Gasteiger partial charge in [0.1, 0.15) is 0 Å². The molecule has 3 heteroatoms. The first kappa shape index (κ1) is 6.17. The topological polar surface area (TPSA) is 41.6 Å². The lowest BCUT2D eigenvalue weighted by Gasteiger charge is -2.06. The van der Waals surface area contributed by atoms with Gasteiger partial charge in [-0.2, -0.15) is 5.10 Å². The maximum atomic E-state index is 5.11. The number of nitrogens with zero attached hydrogens (tertiary/aromatic N) is 2. The van der Waals surface area contributed by atoms with Crippen LogP contribution in [0.2, 0.25) is 0 Å². The summed E-state index contributed by atoms with van der Waals surface area (Å²) in [6.45, 7) is 6.98. The lowest BCUT2D eigenvalue weighted by Crippen LogP contribution is -2.17. The molecule has 0 unspecified atom stereocenters. The number of hydrazone groups is 1. The highest BCUT2D eigenvalue weighted by Gasteiger charge is 1.80. The number of hydrogen-bond acceptors (Lipinski definition) is 3. The zero-order chi connectivity index (χ0) is 5.70. The maximum absolute atomic E-state index is 5.11. The van der Waals surface area contributed by atoms with Crippen LogP contribution in [0.4, 0.5) is 0 Å². The predicted octanol–water partition coefficient (Wildman–Crippen LogP) is -0.0363. The Morgan fingerprint density at radius 2 is 2.43 bits per heavy atom. The highest BCUT2D eigenvalue weighted by Crippen LogP contribution is 1.79. The van der Waals surface area contributed by atoms with E-state index in [1.807, 2.05) is 0 Å². The minimum absolute atomic E-state index is 0.340. The van der Waals surface area contributed by atoms with Gasteiger partial charge < -0.3 is 5.73 Å². The predicted molar refractivity (Wildman–Crippen MR) is 30.6 cm³/mol. The summed E-state index contributed by atoms with van der Waals surface area (Å²) in [6, 6.07) is 0.